The van der Waals surface area contributed by atoms with Gasteiger partial charge in [0.2, 0.25) is 0 Å². The minimum Gasteiger partial charge on any atom is -0.293 e. The summed E-state index contributed by atoms with van der Waals surface area (Å²) in [6, 6.07) is 18.7. The maximum absolute atomic E-state index is 4.88. The van der Waals surface area contributed by atoms with Crippen molar-refractivity contribution >= 4 is 16.6 Å². The number of rotatable bonds is 5. The number of aromatic nitrogens is 2. The lowest BCUT2D eigenvalue weighted by Crippen LogP contribution is -1.99. The highest BCUT2D eigenvalue weighted by molar-refractivity contribution is 5.82. The molecule has 2 heteroatoms. The Bertz CT molecular complexity index is 883. The quantitative estimate of drug-likeness (QED) is 0.514. The summed E-state index contributed by atoms with van der Waals surface area (Å²) in [5, 5.41) is 0. The molecule has 0 unspecified atom stereocenters. The highest BCUT2D eigenvalue weighted by Gasteiger charge is 2.12. The van der Waals surface area contributed by atoms with Gasteiger partial charge in [-0.25, -0.2) is 4.98 Å². The average Bonchev–Trinajstić information content (AvgIpc) is 3.00. The number of nitrogens with zero attached hydrogens (tertiary/aromatic N) is 2. The Balaban J connectivity index is 2.14. The van der Waals surface area contributed by atoms with Gasteiger partial charge in [0.05, 0.1) is 11.0 Å². The molecule has 0 N–H and O–H groups in total. The number of hydrogen-bond acceptors (Lipinski definition) is 1. The van der Waals surface area contributed by atoms with Crippen molar-refractivity contribution in [3.63, 3.8) is 0 Å². The fourth-order valence-corrected chi connectivity index (χ4v) is 2.95. The predicted octanol–water partition coefficient (Wildman–Crippen LogP) is 6.18. The maximum Gasteiger partial charge on any atom is 0.141 e. The second-order valence-corrected chi connectivity index (χ2v) is 6.21. The Morgan fingerprint density at radius 2 is 1.67 bits per heavy atom. The van der Waals surface area contributed by atoms with Gasteiger partial charge in [-0.05, 0) is 50.1 Å². The van der Waals surface area contributed by atoms with Crippen molar-refractivity contribution in [1.82, 2.24) is 9.55 Å². The SMILES string of the molecule is CCC/C(C)=C\C=C(/C)c1nc2ccccc2n1-c1ccccc1. The van der Waals surface area contributed by atoms with Crippen LogP contribution in [-0.4, -0.2) is 9.55 Å². The fraction of sp³-hybridized carbons (Fsp3) is 0.227. The minimum atomic E-state index is 1.00. The van der Waals surface area contributed by atoms with Crippen LogP contribution in [-0.2, 0) is 0 Å². The van der Waals surface area contributed by atoms with Gasteiger partial charge in [0.15, 0.2) is 0 Å². The van der Waals surface area contributed by atoms with Crippen molar-refractivity contribution in [2.75, 3.05) is 0 Å². The van der Waals surface area contributed by atoms with Crippen molar-refractivity contribution in [3.8, 4) is 5.69 Å². The van der Waals surface area contributed by atoms with Crippen molar-refractivity contribution in [1.29, 1.82) is 0 Å². The smallest absolute Gasteiger partial charge is 0.141 e. The van der Waals surface area contributed by atoms with E-state index in [2.05, 4.69) is 80.0 Å². The van der Waals surface area contributed by atoms with Crippen LogP contribution >= 0.6 is 0 Å². The summed E-state index contributed by atoms with van der Waals surface area (Å²) in [6.07, 6.45) is 6.72. The highest BCUT2D eigenvalue weighted by Crippen LogP contribution is 2.25. The van der Waals surface area contributed by atoms with E-state index in [0.29, 0.717) is 0 Å². The molecule has 0 amide bonds. The van der Waals surface area contributed by atoms with E-state index in [-0.39, 0.29) is 0 Å². The molecule has 2 nitrogen and oxygen atoms in total. The molecule has 0 spiro atoms. The average molecular weight is 316 g/mol. The Kier molecular flexibility index (Phi) is 4.95. The molecule has 1 heterocycles. The zero-order valence-corrected chi connectivity index (χ0v) is 14.7. The summed E-state index contributed by atoms with van der Waals surface area (Å²) in [5.74, 6) is 1.00. The molecule has 0 saturated carbocycles. The zero-order valence-electron chi connectivity index (χ0n) is 14.7. The molecule has 2 aromatic carbocycles. The van der Waals surface area contributed by atoms with Crippen LogP contribution in [0, 0.1) is 0 Å². The van der Waals surface area contributed by atoms with E-state index in [1.807, 2.05) is 12.1 Å². The summed E-state index contributed by atoms with van der Waals surface area (Å²) in [5.41, 5.74) is 5.88. The standard InChI is InChI=1S/C22H24N2/c1-4-10-17(2)15-16-18(3)22-23-20-13-8-9-14-21(20)24(22)19-11-6-5-7-12-19/h5-9,11-16H,4,10H2,1-3H3/b17-15-,18-16+. The highest BCUT2D eigenvalue weighted by atomic mass is 15.1. The molecule has 1 aromatic heterocycles. The molecule has 0 fully saturated rings. The molecule has 0 radical (unpaired) electrons. The van der Waals surface area contributed by atoms with Crippen LogP contribution in [0.5, 0.6) is 0 Å². The molecule has 0 aliphatic heterocycles. The normalized spacial score (nSPS) is 12.8. The Morgan fingerprint density at radius 1 is 0.958 bits per heavy atom. The molecular weight excluding hydrogens is 292 g/mol. The Labute approximate surface area is 144 Å². The molecule has 0 saturated heterocycles. The van der Waals surface area contributed by atoms with Gasteiger partial charge in [-0.15, -0.1) is 0 Å². The van der Waals surface area contributed by atoms with E-state index in [1.165, 1.54) is 17.6 Å². The van der Waals surface area contributed by atoms with Gasteiger partial charge in [-0.3, -0.25) is 4.57 Å². The van der Waals surface area contributed by atoms with Gasteiger partial charge in [0.25, 0.3) is 0 Å². The first-order valence-corrected chi connectivity index (χ1v) is 8.58. The topological polar surface area (TPSA) is 17.8 Å². The minimum absolute atomic E-state index is 1.00. The number of fused-ring (bicyclic) bond motifs is 1. The summed E-state index contributed by atoms with van der Waals surface area (Å²) in [4.78, 5) is 4.88. The second-order valence-electron chi connectivity index (χ2n) is 6.21. The lowest BCUT2D eigenvalue weighted by Gasteiger charge is -2.09. The third-order valence-electron chi connectivity index (χ3n) is 4.19. The summed E-state index contributed by atoms with van der Waals surface area (Å²) in [6.45, 7) is 6.53. The van der Waals surface area contributed by atoms with Gasteiger partial charge in [-0.1, -0.05) is 61.4 Å². The predicted molar refractivity (Wildman–Crippen MR) is 103 cm³/mol. The number of imidazole rings is 1. The number of benzene rings is 2. The molecule has 3 aromatic rings. The molecule has 24 heavy (non-hydrogen) atoms. The van der Waals surface area contributed by atoms with E-state index in [9.17, 15) is 0 Å². The molecule has 0 aliphatic rings. The molecule has 122 valence electrons. The number of hydrogen-bond donors (Lipinski definition) is 0. The molecular formula is C22H24N2. The Morgan fingerprint density at radius 3 is 2.42 bits per heavy atom. The van der Waals surface area contributed by atoms with Gasteiger partial charge in [0.1, 0.15) is 5.82 Å². The number of para-hydroxylation sites is 3. The van der Waals surface area contributed by atoms with Crippen LogP contribution in [0.1, 0.15) is 39.4 Å². The summed E-state index contributed by atoms with van der Waals surface area (Å²) < 4.78 is 2.24. The van der Waals surface area contributed by atoms with Crippen LogP contribution < -0.4 is 0 Å². The summed E-state index contributed by atoms with van der Waals surface area (Å²) in [7, 11) is 0. The van der Waals surface area contributed by atoms with Crippen LogP contribution in [0.4, 0.5) is 0 Å². The van der Waals surface area contributed by atoms with E-state index < -0.39 is 0 Å². The van der Waals surface area contributed by atoms with Gasteiger partial charge >= 0.3 is 0 Å². The second kappa shape index (κ2) is 7.31. The Hall–Kier alpha value is -2.61. The maximum atomic E-state index is 4.88. The first-order chi connectivity index (χ1) is 11.7. The van der Waals surface area contributed by atoms with E-state index in [4.69, 9.17) is 4.98 Å². The van der Waals surface area contributed by atoms with E-state index in [0.717, 1.165) is 29.0 Å². The van der Waals surface area contributed by atoms with Crippen molar-refractivity contribution < 1.29 is 0 Å². The van der Waals surface area contributed by atoms with Crippen molar-refractivity contribution in [3.05, 3.63) is 78.1 Å². The van der Waals surface area contributed by atoms with Gasteiger partial charge < -0.3 is 0 Å². The fourth-order valence-electron chi connectivity index (χ4n) is 2.95. The molecule has 0 bridgehead atoms. The lowest BCUT2D eigenvalue weighted by atomic mass is 10.1. The number of allylic oxidation sites excluding steroid dienone is 4. The third-order valence-corrected chi connectivity index (χ3v) is 4.19. The van der Waals surface area contributed by atoms with E-state index in [1.54, 1.807) is 0 Å². The van der Waals surface area contributed by atoms with Crippen LogP contribution in [0.15, 0.2) is 72.3 Å². The first kappa shape index (κ1) is 16.3. The van der Waals surface area contributed by atoms with Crippen molar-refractivity contribution in [2.24, 2.45) is 0 Å². The van der Waals surface area contributed by atoms with Crippen LogP contribution in [0.3, 0.4) is 0 Å². The molecule has 3 rings (SSSR count). The van der Waals surface area contributed by atoms with Crippen LogP contribution in [0.2, 0.25) is 0 Å². The molecule has 0 aliphatic carbocycles. The lowest BCUT2D eigenvalue weighted by molar-refractivity contribution is 0.905. The largest absolute Gasteiger partial charge is 0.293 e. The first-order valence-electron chi connectivity index (χ1n) is 8.58. The molecule has 0 atom stereocenters. The summed E-state index contributed by atoms with van der Waals surface area (Å²) >= 11 is 0. The van der Waals surface area contributed by atoms with Crippen molar-refractivity contribution in [2.45, 2.75) is 33.6 Å². The zero-order chi connectivity index (χ0) is 16.9. The monoisotopic (exact) mass is 316 g/mol. The van der Waals surface area contributed by atoms with Gasteiger partial charge in [0, 0.05) is 5.69 Å². The third kappa shape index (κ3) is 3.33. The van der Waals surface area contributed by atoms with Gasteiger partial charge in [-0.2, -0.15) is 0 Å². The van der Waals surface area contributed by atoms with E-state index >= 15 is 0 Å². The van der Waals surface area contributed by atoms with Crippen LogP contribution in [0.25, 0.3) is 22.3 Å².